The Kier molecular flexibility index (Phi) is 12.1. The number of nitrogens with zero attached hydrogens (tertiary/aromatic N) is 3. The molecule has 2 heterocycles. The molecule has 1 aromatic carbocycles. The number of nitrogens with one attached hydrogen (secondary N) is 2. The summed E-state index contributed by atoms with van der Waals surface area (Å²) in [6, 6.07) is 9.56. The Labute approximate surface area is 205 Å². The van der Waals surface area contributed by atoms with Crippen LogP contribution < -0.4 is 10.6 Å². The van der Waals surface area contributed by atoms with Gasteiger partial charge >= 0.3 is 0 Å². The van der Waals surface area contributed by atoms with Crippen molar-refractivity contribution in [1.29, 1.82) is 0 Å². The van der Waals surface area contributed by atoms with Gasteiger partial charge in [-0.3, -0.25) is 14.8 Å². The summed E-state index contributed by atoms with van der Waals surface area (Å²) in [5.74, 6) is 0.892. The molecule has 0 radical (unpaired) electrons. The number of halogens is 1. The third-order valence-corrected chi connectivity index (χ3v) is 5.90. The van der Waals surface area contributed by atoms with Crippen LogP contribution in [0.4, 0.5) is 0 Å². The van der Waals surface area contributed by atoms with E-state index >= 15 is 0 Å². The molecule has 2 aliphatic rings. The molecule has 2 N–H and O–H groups in total. The molecule has 0 amide bonds. The SMILES string of the molecule is CCNC(=NCC(C)N1CCOCC1)NCC(c1cccc(C)c1)N1CCOCC1.I. The summed E-state index contributed by atoms with van der Waals surface area (Å²) in [5.41, 5.74) is 2.65. The average Bonchev–Trinajstić information content (AvgIpc) is 2.78. The van der Waals surface area contributed by atoms with Crippen LogP contribution in [0.15, 0.2) is 29.3 Å². The van der Waals surface area contributed by atoms with Crippen molar-refractivity contribution in [3.63, 3.8) is 0 Å². The lowest BCUT2D eigenvalue weighted by atomic mass is 10.0. The van der Waals surface area contributed by atoms with E-state index in [0.717, 1.165) is 78.2 Å². The van der Waals surface area contributed by atoms with E-state index in [4.69, 9.17) is 14.5 Å². The summed E-state index contributed by atoms with van der Waals surface area (Å²) in [5, 5.41) is 7.02. The molecule has 0 saturated carbocycles. The molecule has 176 valence electrons. The van der Waals surface area contributed by atoms with Crippen molar-refractivity contribution in [1.82, 2.24) is 20.4 Å². The lowest BCUT2D eigenvalue weighted by molar-refractivity contribution is 0.0169. The van der Waals surface area contributed by atoms with E-state index < -0.39 is 0 Å². The number of ether oxygens (including phenoxy) is 2. The first-order valence-electron chi connectivity index (χ1n) is 11.4. The summed E-state index contributed by atoms with van der Waals surface area (Å²) in [4.78, 5) is 9.86. The van der Waals surface area contributed by atoms with Gasteiger partial charge in [-0.25, -0.2) is 0 Å². The van der Waals surface area contributed by atoms with Crippen molar-refractivity contribution >= 4 is 29.9 Å². The minimum absolute atomic E-state index is 0. The lowest BCUT2D eigenvalue weighted by Crippen LogP contribution is -2.47. The zero-order valence-corrected chi connectivity index (χ0v) is 21.6. The molecule has 3 rings (SSSR count). The summed E-state index contributed by atoms with van der Waals surface area (Å²) >= 11 is 0. The maximum Gasteiger partial charge on any atom is 0.191 e. The van der Waals surface area contributed by atoms with Crippen LogP contribution in [0.3, 0.4) is 0 Å². The van der Waals surface area contributed by atoms with Gasteiger partial charge < -0.3 is 20.1 Å². The van der Waals surface area contributed by atoms with Crippen LogP contribution in [0, 0.1) is 6.92 Å². The molecule has 31 heavy (non-hydrogen) atoms. The maximum atomic E-state index is 5.58. The van der Waals surface area contributed by atoms with Gasteiger partial charge in [-0.1, -0.05) is 29.8 Å². The molecule has 8 heteroatoms. The Balaban J connectivity index is 0.00000341. The van der Waals surface area contributed by atoms with Crippen molar-refractivity contribution in [2.24, 2.45) is 4.99 Å². The van der Waals surface area contributed by atoms with Crippen LogP contribution in [0.2, 0.25) is 0 Å². The van der Waals surface area contributed by atoms with Gasteiger partial charge in [0, 0.05) is 45.3 Å². The first kappa shape index (κ1) is 26.3. The van der Waals surface area contributed by atoms with E-state index in [9.17, 15) is 0 Å². The van der Waals surface area contributed by atoms with Crippen LogP contribution in [0.1, 0.15) is 31.0 Å². The fraction of sp³-hybridized carbons (Fsp3) is 0.696. The molecule has 2 saturated heterocycles. The third-order valence-electron chi connectivity index (χ3n) is 5.90. The second kappa shape index (κ2) is 14.3. The molecule has 0 bridgehead atoms. The van der Waals surface area contributed by atoms with E-state index in [0.29, 0.717) is 12.1 Å². The minimum Gasteiger partial charge on any atom is -0.379 e. The van der Waals surface area contributed by atoms with Crippen LogP contribution in [0.25, 0.3) is 0 Å². The Morgan fingerprint density at radius 3 is 2.29 bits per heavy atom. The summed E-state index contributed by atoms with van der Waals surface area (Å²) in [6.07, 6.45) is 0. The number of guanidine groups is 1. The number of aryl methyl sites for hydroxylation is 1. The van der Waals surface area contributed by atoms with Gasteiger partial charge in [-0.15, -0.1) is 24.0 Å². The van der Waals surface area contributed by atoms with E-state index in [1.807, 2.05) is 0 Å². The quantitative estimate of drug-likeness (QED) is 0.297. The van der Waals surface area contributed by atoms with Gasteiger partial charge in [0.1, 0.15) is 0 Å². The van der Waals surface area contributed by atoms with E-state index in [2.05, 4.69) is 65.5 Å². The Bertz CT molecular complexity index is 663. The predicted octanol–water partition coefficient (Wildman–Crippen LogP) is 2.26. The molecule has 1 aromatic rings. The van der Waals surface area contributed by atoms with Crippen molar-refractivity contribution < 1.29 is 9.47 Å². The van der Waals surface area contributed by atoms with E-state index in [-0.39, 0.29) is 24.0 Å². The Morgan fingerprint density at radius 1 is 1.03 bits per heavy atom. The highest BCUT2D eigenvalue weighted by atomic mass is 127. The molecule has 0 aromatic heterocycles. The van der Waals surface area contributed by atoms with Crippen molar-refractivity contribution in [3.8, 4) is 0 Å². The number of hydrogen-bond acceptors (Lipinski definition) is 5. The number of rotatable bonds is 8. The van der Waals surface area contributed by atoms with Gasteiger partial charge in [0.15, 0.2) is 5.96 Å². The fourth-order valence-corrected chi connectivity index (χ4v) is 4.12. The Morgan fingerprint density at radius 2 is 1.68 bits per heavy atom. The zero-order valence-electron chi connectivity index (χ0n) is 19.3. The lowest BCUT2D eigenvalue weighted by Gasteiger charge is -2.35. The molecular weight excluding hydrogens is 505 g/mol. The first-order valence-corrected chi connectivity index (χ1v) is 11.4. The third kappa shape index (κ3) is 8.49. The summed E-state index contributed by atoms with van der Waals surface area (Å²) in [6.45, 7) is 16.1. The molecular formula is C23H40IN5O2. The molecule has 7 nitrogen and oxygen atoms in total. The van der Waals surface area contributed by atoms with Gasteiger partial charge in [0.05, 0.1) is 39.0 Å². The zero-order chi connectivity index (χ0) is 21.2. The second-order valence-corrected chi connectivity index (χ2v) is 8.18. The summed E-state index contributed by atoms with van der Waals surface area (Å²) in [7, 11) is 0. The fourth-order valence-electron chi connectivity index (χ4n) is 4.12. The highest BCUT2D eigenvalue weighted by molar-refractivity contribution is 14.0. The molecule has 2 aliphatic heterocycles. The summed E-state index contributed by atoms with van der Waals surface area (Å²) < 4.78 is 11.1. The highest BCUT2D eigenvalue weighted by Crippen LogP contribution is 2.22. The van der Waals surface area contributed by atoms with Crippen LogP contribution in [-0.2, 0) is 9.47 Å². The predicted molar refractivity (Wildman–Crippen MR) is 138 cm³/mol. The molecule has 2 atom stereocenters. The minimum atomic E-state index is 0. The van der Waals surface area contributed by atoms with Crippen LogP contribution in [-0.4, -0.2) is 94.0 Å². The van der Waals surface area contributed by atoms with Gasteiger partial charge in [0.25, 0.3) is 0 Å². The monoisotopic (exact) mass is 545 g/mol. The maximum absolute atomic E-state index is 5.58. The van der Waals surface area contributed by atoms with Crippen LogP contribution >= 0.6 is 24.0 Å². The van der Waals surface area contributed by atoms with Crippen LogP contribution in [0.5, 0.6) is 0 Å². The van der Waals surface area contributed by atoms with Crippen molar-refractivity contribution in [3.05, 3.63) is 35.4 Å². The molecule has 2 fully saturated rings. The van der Waals surface area contributed by atoms with E-state index in [1.165, 1.54) is 11.1 Å². The molecule has 0 aliphatic carbocycles. The highest BCUT2D eigenvalue weighted by Gasteiger charge is 2.23. The molecule has 2 unspecified atom stereocenters. The number of aliphatic imine (C=N–C) groups is 1. The normalized spacial score (nSPS) is 20.5. The molecule has 0 spiro atoms. The number of hydrogen-bond donors (Lipinski definition) is 2. The standard InChI is InChI=1S/C23H39N5O2.HI/c1-4-24-23(25-17-20(3)27-8-12-29-13-9-27)26-18-22(28-10-14-30-15-11-28)21-7-5-6-19(2)16-21;/h5-7,16,20,22H,4,8-15,17-18H2,1-3H3,(H2,24,25,26);1H. The van der Waals surface area contributed by atoms with E-state index in [1.54, 1.807) is 0 Å². The van der Waals surface area contributed by atoms with Crippen molar-refractivity contribution in [2.45, 2.75) is 32.9 Å². The first-order chi connectivity index (χ1) is 14.7. The average molecular weight is 546 g/mol. The number of morpholine rings is 2. The van der Waals surface area contributed by atoms with Gasteiger partial charge in [-0.2, -0.15) is 0 Å². The smallest absolute Gasteiger partial charge is 0.191 e. The van der Waals surface area contributed by atoms with Gasteiger partial charge in [0.2, 0.25) is 0 Å². The Hall–Kier alpha value is -0.940. The van der Waals surface area contributed by atoms with Gasteiger partial charge in [-0.05, 0) is 26.3 Å². The second-order valence-electron chi connectivity index (χ2n) is 8.18. The van der Waals surface area contributed by atoms with Crippen molar-refractivity contribution in [2.75, 3.05) is 72.2 Å². The number of benzene rings is 1. The largest absolute Gasteiger partial charge is 0.379 e. The topological polar surface area (TPSA) is 61.4 Å².